The molecule has 1 heterocycles. The summed E-state index contributed by atoms with van der Waals surface area (Å²) in [6.45, 7) is 0. The number of hydrogen-bond donors (Lipinski definition) is 1. The number of pyridine rings is 1. The van der Waals surface area contributed by atoms with Crippen molar-refractivity contribution >= 4 is 11.9 Å². The molecule has 0 spiro atoms. The first kappa shape index (κ1) is 11.6. The van der Waals surface area contributed by atoms with E-state index in [0.29, 0.717) is 24.1 Å². The molecule has 1 saturated carbocycles. The second-order valence-electron chi connectivity index (χ2n) is 4.16. The largest absolute Gasteiger partial charge is 0.481 e. The maximum absolute atomic E-state index is 11.2. The first-order valence-electron chi connectivity index (χ1n) is 5.38. The van der Waals surface area contributed by atoms with Gasteiger partial charge in [-0.25, -0.2) is 4.79 Å². The molecule has 1 aliphatic rings. The molecule has 5 nitrogen and oxygen atoms in total. The SMILES string of the molecule is COC(=O)c1ccc(C2(C(=O)O)CCC2)nc1. The van der Waals surface area contributed by atoms with Crippen LogP contribution < -0.4 is 0 Å². The number of carbonyl (C=O) groups excluding carboxylic acids is 1. The Balaban J connectivity index is 2.29. The van der Waals surface area contributed by atoms with Gasteiger partial charge in [-0.3, -0.25) is 9.78 Å². The van der Waals surface area contributed by atoms with Crippen molar-refractivity contribution in [3.8, 4) is 0 Å². The summed E-state index contributed by atoms with van der Waals surface area (Å²) in [4.78, 5) is 26.5. The van der Waals surface area contributed by atoms with Crippen molar-refractivity contribution in [2.24, 2.45) is 0 Å². The van der Waals surface area contributed by atoms with E-state index in [2.05, 4.69) is 9.72 Å². The van der Waals surface area contributed by atoms with Crippen LogP contribution in [0.1, 0.15) is 35.3 Å². The Kier molecular flexibility index (Phi) is 2.83. The molecule has 0 atom stereocenters. The van der Waals surface area contributed by atoms with Gasteiger partial charge in [0.2, 0.25) is 0 Å². The second-order valence-corrected chi connectivity index (χ2v) is 4.16. The number of hydrogen-bond acceptors (Lipinski definition) is 4. The molecule has 1 fully saturated rings. The lowest BCUT2D eigenvalue weighted by Crippen LogP contribution is -2.43. The highest BCUT2D eigenvalue weighted by Gasteiger charge is 2.47. The number of carboxylic acid groups (broad SMARTS) is 1. The third kappa shape index (κ3) is 1.77. The summed E-state index contributed by atoms with van der Waals surface area (Å²) in [5.41, 5.74) is -0.00529. The van der Waals surface area contributed by atoms with Crippen LogP contribution in [0, 0.1) is 0 Å². The minimum atomic E-state index is -0.853. The van der Waals surface area contributed by atoms with E-state index in [1.807, 2.05) is 0 Å². The van der Waals surface area contributed by atoms with Crippen LogP contribution in [0.5, 0.6) is 0 Å². The molecule has 0 saturated heterocycles. The molecule has 0 amide bonds. The van der Waals surface area contributed by atoms with E-state index in [1.165, 1.54) is 13.3 Å². The second kappa shape index (κ2) is 4.16. The van der Waals surface area contributed by atoms with Gasteiger partial charge < -0.3 is 9.84 Å². The maximum Gasteiger partial charge on any atom is 0.339 e. The highest BCUT2D eigenvalue weighted by Crippen LogP contribution is 2.42. The van der Waals surface area contributed by atoms with Crippen LogP contribution in [0.25, 0.3) is 0 Å². The molecule has 2 rings (SSSR count). The van der Waals surface area contributed by atoms with Crippen LogP contribution in [0.4, 0.5) is 0 Å². The molecule has 1 aliphatic carbocycles. The Labute approximate surface area is 98.4 Å². The maximum atomic E-state index is 11.2. The zero-order chi connectivity index (χ0) is 12.5. The summed E-state index contributed by atoms with van der Waals surface area (Å²) >= 11 is 0. The molecule has 0 unspecified atom stereocenters. The summed E-state index contributed by atoms with van der Waals surface area (Å²) in [6, 6.07) is 3.15. The van der Waals surface area contributed by atoms with Crippen LogP contribution in [-0.4, -0.2) is 29.1 Å². The summed E-state index contributed by atoms with van der Waals surface area (Å²) in [7, 11) is 1.29. The Morgan fingerprint density at radius 1 is 1.41 bits per heavy atom. The highest BCUT2D eigenvalue weighted by molar-refractivity contribution is 5.89. The van der Waals surface area contributed by atoms with Gasteiger partial charge in [0.25, 0.3) is 0 Å². The number of aromatic nitrogens is 1. The molecule has 1 aromatic rings. The average Bonchev–Trinajstić information content (AvgIpc) is 2.27. The molecule has 90 valence electrons. The zero-order valence-corrected chi connectivity index (χ0v) is 9.47. The fourth-order valence-corrected chi connectivity index (χ4v) is 2.03. The quantitative estimate of drug-likeness (QED) is 0.801. The van der Waals surface area contributed by atoms with Crippen LogP contribution in [-0.2, 0) is 14.9 Å². The van der Waals surface area contributed by atoms with Gasteiger partial charge in [-0.1, -0.05) is 6.42 Å². The Hall–Kier alpha value is -1.91. The molecular weight excluding hydrogens is 222 g/mol. The summed E-state index contributed by atoms with van der Waals surface area (Å²) in [5, 5.41) is 9.23. The van der Waals surface area contributed by atoms with E-state index >= 15 is 0 Å². The van der Waals surface area contributed by atoms with E-state index < -0.39 is 17.4 Å². The highest BCUT2D eigenvalue weighted by atomic mass is 16.5. The van der Waals surface area contributed by atoms with Crippen molar-refractivity contribution in [3.05, 3.63) is 29.6 Å². The molecule has 5 heteroatoms. The number of rotatable bonds is 3. The van der Waals surface area contributed by atoms with Gasteiger partial charge in [-0.15, -0.1) is 0 Å². The van der Waals surface area contributed by atoms with Crippen molar-refractivity contribution in [3.63, 3.8) is 0 Å². The Bertz CT molecular complexity index is 448. The van der Waals surface area contributed by atoms with Gasteiger partial charge in [0.05, 0.1) is 18.4 Å². The van der Waals surface area contributed by atoms with E-state index in [-0.39, 0.29) is 0 Å². The monoisotopic (exact) mass is 235 g/mol. The summed E-state index contributed by atoms with van der Waals surface area (Å²) < 4.78 is 4.55. The average molecular weight is 235 g/mol. The number of nitrogens with zero attached hydrogens (tertiary/aromatic N) is 1. The molecular formula is C12H13NO4. The Morgan fingerprint density at radius 3 is 2.47 bits per heavy atom. The van der Waals surface area contributed by atoms with Gasteiger partial charge in [0.1, 0.15) is 5.41 Å². The van der Waals surface area contributed by atoms with E-state index in [0.717, 1.165) is 6.42 Å². The molecule has 1 N–H and O–H groups in total. The van der Waals surface area contributed by atoms with Crippen LogP contribution in [0.3, 0.4) is 0 Å². The topological polar surface area (TPSA) is 76.5 Å². The predicted molar refractivity (Wildman–Crippen MR) is 58.7 cm³/mol. The number of aliphatic carboxylic acids is 1. The molecule has 1 aromatic heterocycles. The smallest absolute Gasteiger partial charge is 0.339 e. The van der Waals surface area contributed by atoms with Crippen LogP contribution in [0.2, 0.25) is 0 Å². The molecule has 0 bridgehead atoms. The van der Waals surface area contributed by atoms with Crippen molar-refractivity contribution in [1.82, 2.24) is 4.98 Å². The zero-order valence-electron chi connectivity index (χ0n) is 9.47. The number of ether oxygens (including phenoxy) is 1. The standard InChI is InChI=1S/C12H13NO4/c1-17-10(14)8-3-4-9(13-7-8)12(11(15)16)5-2-6-12/h3-4,7H,2,5-6H2,1H3,(H,15,16). The fraction of sp³-hybridized carbons (Fsp3) is 0.417. The number of methoxy groups -OCH3 is 1. The summed E-state index contributed by atoms with van der Waals surface area (Å²) in [5.74, 6) is -1.32. The normalized spacial score (nSPS) is 17.0. The third-order valence-corrected chi connectivity index (χ3v) is 3.29. The van der Waals surface area contributed by atoms with Crippen molar-refractivity contribution in [2.45, 2.75) is 24.7 Å². The van der Waals surface area contributed by atoms with Crippen molar-refractivity contribution < 1.29 is 19.4 Å². The van der Waals surface area contributed by atoms with Crippen LogP contribution in [0.15, 0.2) is 18.3 Å². The minimum absolute atomic E-state index is 0.330. The van der Waals surface area contributed by atoms with E-state index in [9.17, 15) is 14.7 Å². The van der Waals surface area contributed by atoms with Gasteiger partial charge in [-0.2, -0.15) is 0 Å². The lowest BCUT2D eigenvalue weighted by atomic mass is 9.66. The van der Waals surface area contributed by atoms with Gasteiger partial charge >= 0.3 is 11.9 Å². The van der Waals surface area contributed by atoms with Crippen molar-refractivity contribution in [1.29, 1.82) is 0 Å². The van der Waals surface area contributed by atoms with Gasteiger partial charge in [0.15, 0.2) is 0 Å². The van der Waals surface area contributed by atoms with E-state index in [1.54, 1.807) is 12.1 Å². The van der Waals surface area contributed by atoms with E-state index in [4.69, 9.17) is 0 Å². The summed E-state index contributed by atoms with van der Waals surface area (Å²) in [6.07, 6.45) is 3.47. The van der Waals surface area contributed by atoms with Crippen LogP contribution >= 0.6 is 0 Å². The lowest BCUT2D eigenvalue weighted by molar-refractivity contribution is -0.147. The van der Waals surface area contributed by atoms with Gasteiger partial charge in [-0.05, 0) is 25.0 Å². The molecule has 0 aromatic carbocycles. The number of esters is 1. The lowest BCUT2D eigenvalue weighted by Gasteiger charge is -2.36. The molecule has 0 aliphatic heterocycles. The Morgan fingerprint density at radius 2 is 2.12 bits per heavy atom. The number of carbonyl (C=O) groups is 2. The fourth-order valence-electron chi connectivity index (χ4n) is 2.03. The van der Waals surface area contributed by atoms with Crippen molar-refractivity contribution in [2.75, 3.05) is 7.11 Å². The molecule has 17 heavy (non-hydrogen) atoms. The molecule has 0 radical (unpaired) electrons. The minimum Gasteiger partial charge on any atom is -0.481 e. The van der Waals surface area contributed by atoms with Gasteiger partial charge in [0, 0.05) is 6.20 Å². The first-order valence-corrected chi connectivity index (χ1v) is 5.38. The third-order valence-electron chi connectivity index (χ3n) is 3.29. The predicted octanol–water partition coefficient (Wildman–Crippen LogP) is 1.37. The first-order chi connectivity index (χ1) is 8.10. The number of carboxylic acids is 1.